The quantitative estimate of drug-likeness (QED) is 0.689. The predicted molar refractivity (Wildman–Crippen MR) is 68.1 cm³/mol. The highest BCUT2D eigenvalue weighted by Gasteiger charge is 2.33. The number of hydrogen-bond acceptors (Lipinski definition) is 3. The van der Waals surface area contributed by atoms with Crippen molar-refractivity contribution >= 4 is 6.29 Å². The lowest BCUT2D eigenvalue weighted by molar-refractivity contribution is -0.119. The number of likely N-dealkylation sites (N-methyl/N-ethyl adjacent to an activating group) is 1. The lowest BCUT2D eigenvalue weighted by atomic mass is 9.75. The Kier molecular flexibility index (Phi) is 4.57. The van der Waals surface area contributed by atoms with Crippen LogP contribution < -0.4 is 0 Å². The van der Waals surface area contributed by atoms with Crippen LogP contribution in [-0.2, 0) is 9.53 Å². The smallest absolute Gasteiger partial charge is 0.127 e. The highest BCUT2D eigenvalue weighted by atomic mass is 16.5. The number of ether oxygens (including phenoxy) is 1. The molecule has 1 aliphatic heterocycles. The molecule has 0 radical (unpaired) electrons. The van der Waals surface area contributed by atoms with Crippen LogP contribution in [0, 0.1) is 5.41 Å². The molecule has 1 saturated carbocycles. The van der Waals surface area contributed by atoms with Crippen LogP contribution in [0.5, 0.6) is 0 Å². The highest BCUT2D eigenvalue weighted by Crippen LogP contribution is 2.35. The predicted octanol–water partition coefficient (Wildman–Crippen LogP) is 2.25. The fourth-order valence-electron chi connectivity index (χ4n) is 3.31. The van der Waals surface area contributed by atoms with E-state index in [0.29, 0.717) is 6.10 Å². The van der Waals surface area contributed by atoms with E-state index < -0.39 is 0 Å². The van der Waals surface area contributed by atoms with Gasteiger partial charge in [-0.1, -0.05) is 19.3 Å². The molecule has 1 heterocycles. The van der Waals surface area contributed by atoms with Crippen molar-refractivity contribution in [3.63, 3.8) is 0 Å². The van der Waals surface area contributed by atoms with Gasteiger partial charge < -0.3 is 14.4 Å². The zero-order valence-corrected chi connectivity index (χ0v) is 11.0. The fraction of sp³-hybridized carbons (Fsp3) is 0.929. The van der Waals surface area contributed by atoms with E-state index in [-0.39, 0.29) is 5.41 Å². The molecule has 0 N–H and O–H groups in total. The van der Waals surface area contributed by atoms with E-state index >= 15 is 0 Å². The maximum absolute atomic E-state index is 11.4. The van der Waals surface area contributed by atoms with Crippen molar-refractivity contribution in [2.45, 2.75) is 51.0 Å². The van der Waals surface area contributed by atoms with E-state index in [9.17, 15) is 4.79 Å². The van der Waals surface area contributed by atoms with E-state index in [0.717, 1.165) is 32.5 Å². The van der Waals surface area contributed by atoms with Gasteiger partial charge in [-0.2, -0.15) is 0 Å². The molecule has 1 saturated heterocycles. The summed E-state index contributed by atoms with van der Waals surface area (Å²) in [5.41, 5.74) is -0.0639. The highest BCUT2D eigenvalue weighted by molar-refractivity contribution is 5.60. The third kappa shape index (κ3) is 3.52. The molecule has 0 aromatic rings. The van der Waals surface area contributed by atoms with Crippen LogP contribution in [-0.4, -0.2) is 44.0 Å². The zero-order chi connectivity index (χ0) is 12.1. The molecule has 2 fully saturated rings. The summed E-state index contributed by atoms with van der Waals surface area (Å²) in [6.07, 6.45) is 9.86. The molecule has 3 heteroatoms. The van der Waals surface area contributed by atoms with E-state index in [1.54, 1.807) is 0 Å². The summed E-state index contributed by atoms with van der Waals surface area (Å²) in [4.78, 5) is 13.7. The van der Waals surface area contributed by atoms with Crippen LogP contribution in [0.3, 0.4) is 0 Å². The van der Waals surface area contributed by atoms with Crippen molar-refractivity contribution in [1.82, 2.24) is 4.90 Å². The molecule has 2 aliphatic rings. The van der Waals surface area contributed by atoms with Gasteiger partial charge in [0.1, 0.15) is 6.29 Å². The molecule has 1 atom stereocenters. The number of nitrogens with zero attached hydrogens (tertiary/aromatic N) is 1. The van der Waals surface area contributed by atoms with Gasteiger partial charge in [0, 0.05) is 25.1 Å². The molecular weight excluding hydrogens is 214 g/mol. The summed E-state index contributed by atoms with van der Waals surface area (Å²) in [7, 11) is 2.13. The van der Waals surface area contributed by atoms with E-state index in [2.05, 4.69) is 11.9 Å². The van der Waals surface area contributed by atoms with Crippen LogP contribution in [0.15, 0.2) is 0 Å². The molecule has 0 bridgehead atoms. The van der Waals surface area contributed by atoms with Crippen LogP contribution in [0.25, 0.3) is 0 Å². The second-order valence-corrected chi connectivity index (χ2v) is 5.87. The lowest BCUT2D eigenvalue weighted by Gasteiger charge is -2.36. The third-order valence-corrected chi connectivity index (χ3v) is 4.22. The minimum atomic E-state index is -0.0639. The SMILES string of the molecule is CN(CC1CCCO1)CC1(C=O)CCCCC1. The van der Waals surface area contributed by atoms with Gasteiger partial charge in [-0.25, -0.2) is 0 Å². The first-order chi connectivity index (χ1) is 8.24. The summed E-state index contributed by atoms with van der Waals surface area (Å²) >= 11 is 0. The number of aldehydes is 1. The van der Waals surface area contributed by atoms with Crippen LogP contribution in [0.1, 0.15) is 44.9 Å². The van der Waals surface area contributed by atoms with Crippen molar-refractivity contribution in [1.29, 1.82) is 0 Å². The Morgan fingerprint density at radius 3 is 2.65 bits per heavy atom. The van der Waals surface area contributed by atoms with Gasteiger partial charge in [0.25, 0.3) is 0 Å². The Balaban J connectivity index is 1.82. The summed E-state index contributed by atoms with van der Waals surface area (Å²) in [6.45, 7) is 2.81. The van der Waals surface area contributed by atoms with Gasteiger partial charge >= 0.3 is 0 Å². The largest absolute Gasteiger partial charge is 0.377 e. The maximum Gasteiger partial charge on any atom is 0.127 e. The molecule has 3 nitrogen and oxygen atoms in total. The first-order valence-electron chi connectivity index (χ1n) is 7.01. The van der Waals surface area contributed by atoms with Crippen LogP contribution >= 0.6 is 0 Å². The second kappa shape index (κ2) is 5.96. The normalized spacial score (nSPS) is 28.5. The summed E-state index contributed by atoms with van der Waals surface area (Å²) in [6, 6.07) is 0. The van der Waals surface area contributed by atoms with Gasteiger partial charge in [-0.05, 0) is 32.7 Å². The zero-order valence-electron chi connectivity index (χ0n) is 11.0. The fourth-order valence-corrected chi connectivity index (χ4v) is 3.31. The van der Waals surface area contributed by atoms with Crippen molar-refractivity contribution in [3.05, 3.63) is 0 Å². The Labute approximate surface area is 105 Å². The molecular formula is C14H25NO2. The standard InChI is InChI=1S/C14H25NO2/c1-15(10-13-6-5-9-17-13)11-14(12-16)7-3-2-4-8-14/h12-13H,2-11H2,1H3. The van der Waals surface area contributed by atoms with Gasteiger partial charge in [-0.15, -0.1) is 0 Å². The minimum Gasteiger partial charge on any atom is -0.377 e. The molecule has 2 rings (SSSR count). The van der Waals surface area contributed by atoms with Gasteiger partial charge in [0.05, 0.1) is 6.10 Å². The Morgan fingerprint density at radius 1 is 1.29 bits per heavy atom. The number of carbonyl (C=O) groups is 1. The molecule has 1 aliphatic carbocycles. The summed E-state index contributed by atoms with van der Waals surface area (Å²) < 4.78 is 5.65. The summed E-state index contributed by atoms with van der Waals surface area (Å²) in [5, 5.41) is 0. The van der Waals surface area contributed by atoms with Gasteiger partial charge in [-0.3, -0.25) is 0 Å². The molecule has 98 valence electrons. The average Bonchev–Trinajstić information content (AvgIpc) is 2.83. The second-order valence-electron chi connectivity index (χ2n) is 5.87. The summed E-state index contributed by atoms with van der Waals surface area (Å²) in [5.74, 6) is 0. The number of carbonyl (C=O) groups excluding carboxylic acids is 1. The van der Waals surface area contributed by atoms with Crippen molar-refractivity contribution in [3.8, 4) is 0 Å². The first kappa shape index (κ1) is 13.0. The Morgan fingerprint density at radius 2 is 2.06 bits per heavy atom. The van der Waals surface area contributed by atoms with Crippen LogP contribution in [0.2, 0.25) is 0 Å². The first-order valence-corrected chi connectivity index (χ1v) is 7.01. The number of rotatable bonds is 5. The molecule has 0 aromatic heterocycles. The van der Waals surface area contributed by atoms with Crippen LogP contribution in [0.4, 0.5) is 0 Å². The molecule has 1 unspecified atom stereocenters. The molecule has 0 aromatic carbocycles. The third-order valence-electron chi connectivity index (χ3n) is 4.22. The Hall–Kier alpha value is -0.410. The van der Waals surface area contributed by atoms with Gasteiger partial charge in [0.2, 0.25) is 0 Å². The molecule has 0 amide bonds. The minimum absolute atomic E-state index is 0.0639. The van der Waals surface area contributed by atoms with Crippen molar-refractivity contribution in [2.24, 2.45) is 5.41 Å². The van der Waals surface area contributed by atoms with Crippen molar-refractivity contribution < 1.29 is 9.53 Å². The number of hydrogen-bond donors (Lipinski definition) is 0. The Bertz CT molecular complexity index is 243. The lowest BCUT2D eigenvalue weighted by Crippen LogP contribution is -2.41. The van der Waals surface area contributed by atoms with E-state index in [4.69, 9.17) is 4.74 Å². The molecule has 0 spiro atoms. The van der Waals surface area contributed by atoms with E-state index in [1.165, 1.54) is 38.4 Å². The van der Waals surface area contributed by atoms with Gasteiger partial charge in [0.15, 0.2) is 0 Å². The average molecular weight is 239 g/mol. The monoisotopic (exact) mass is 239 g/mol. The topological polar surface area (TPSA) is 29.5 Å². The van der Waals surface area contributed by atoms with Crippen molar-refractivity contribution in [2.75, 3.05) is 26.7 Å². The van der Waals surface area contributed by atoms with E-state index in [1.807, 2.05) is 0 Å². The molecule has 17 heavy (non-hydrogen) atoms. The maximum atomic E-state index is 11.4.